The van der Waals surface area contributed by atoms with Gasteiger partial charge in [0.15, 0.2) is 12.6 Å². The van der Waals surface area contributed by atoms with Crippen molar-refractivity contribution in [3.63, 3.8) is 0 Å². The summed E-state index contributed by atoms with van der Waals surface area (Å²) in [6.45, 7) is 1.02. The molecule has 2 heterocycles. The number of methoxy groups -OCH3 is 4. The van der Waals surface area contributed by atoms with Crippen LogP contribution in [-0.4, -0.2) is 108 Å². The first-order valence-corrected chi connectivity index (χ1v) is 16.2. The molecule has 0 radical (unpaired) electrons. The fourth-order valence-corrected chi connectivity index (χ4v) is 6.20. The molecule has 2 saturated heterocycles. The highest BCUT2D eigenvalue weighted by Crippen LogP contribution is 2.32. The third kappa shape index (κ3) is 9.46. The normalized spacial score (nSPS) is 30.7. The van der Waals surface area contributed by atoms with Gasteiger partial charge < -0.3 is 52.5 Å². The van der Waals surface area contributed by atoms with E-state index in [2.05, 4.69) is 0 Å². The van der Waals surface area contributed by atoms with Crippen molar-refractivity contribution in [3.8, 4) is 0 Å². The lowest BCUT2D eigenvalue weighted by molar-refractivity contribution is -0.342. The highest BCUT2D eigenvalue weighted by Gasteiger charge is 2.51. The van der Waals surface area contributed by atoms with Crippen molar-refractivity contribution < 1.29 is 52.5 Å². The quantitative estimate of drug-likeness (QED) is 0.226. The summed E-state index contributed by atoms with van der Waals surface area (Å²) in [6, 6.07) is 29.4. The molecule has 10 atom stereocenters. The third-order valence-corrected chi connectivity index (χ3v) is 8.63. The number of benzene rings is 3. The molecule has 0 aromatic heterocycles. The van der Waals surface area contributed by atoms with Crippen LogP contribution in [0.25, 0.3) is 0 Å². The SMILES string of the molecule is COC[C@H]1OC(OC[C@H]2O[C@H](O)[C@H](OCc3ccccc3)[C@@H](OCc3ccccc3)[C@@H]2OCc2ccccc2)[C@H](OC)[C@@H](OC)[C@@H]1OC. The molecule has 2 fully saturated rings. The largest absolute Gasteiger partial charge is 0.382 e. The summed E-state index contributed by atoms with van der Waals surface area (Å²) in [7, 11) is 6.34. The summed E-state index contributed by atoms with van der Waals surface area (Å²) in [4.78, 5) is 0. The number of ether oxygens (including phenoxy) is 10. The number of hydrogen-bond donors (Lipinski definition) is 1. The van der Waals surface area contributed by atoms with E-state index in [4.69, 9.17) is 47.4 Å². The molecule has 3 aromatic carbocycles. The Balaban J connectivity index is 1.40. The van der Waals surface area contributed by atoms with Crippen LogP contribution in [0.5, 0.6) is 0 Å². The molecule has 11 nitrogen and oxygen atoms in total. The molecule has 5 rings (SSSR count). The van der Waals surface area contributed by atoms with Gasteiger partial charge in [0.25, 0.3) is 0 Å². The lowest BCUT2D eigenvalue weighted by Crippen LogP contribution is -2.63. The summed E-state index contributed by atoms with van der Waals surface area (Å²) in [5, 5.41) is 11.4. The maximum atomic E-state index is 11.4. The average molecular weight is 669 g/mol. The van der Waals surface area contributed by atoms with Gasteiger partial charge in [-0.05, 0) is 16.7 Å². The highest BCUT2D eigenvalue weighted by molar-refractivity contribution is 5.15. The zero-order valence-corrected chi connectivity index (χ0v) is 28.0. The number of aliphatic hydroxyl groups is 1. The van der Waals surface area contributed by atoms with Gasteiger partial charge in [0.2, 0.25) is 0 Å². The molecule has 2 aliphatic heterocycles. The Morgan fingerprint density at radius 2 is 0.938 bits per heavy atom. The minimum Gasteiger partial charge on any atom is -0.382 e. The third-order valence-electron chi connectivity index (χ3n) is 8.63. The van der Waals surface area contributed by atoms with Crippen LogP contribution in [0.15, 0.2) is 91.0 Å². The van der Waals surface area contributed by atoms with Crippen molar-refractivity contribution in [3.05, 3.63) is 108 Å². The van der Waals surface area contributed by atoms with E-state index < -0.39 is 61.4 Å². The van der Waals surface area contributed by atoms with Crippen molar-refractivity contribution in [2.75, 3.05) is 41.7 Å². The van der Waals surface area contributed by atoms with E-state index in [1.54, 1.807) is 28.4 Å². The van der Waals surface area contributed by atoms with Crippen LogP contribution in [0.2, 0.25) is 0 Å². The minimum atomic E-state index is -1.34. The molecule has 1 N–H and O–H groups in total. The van der Waals surface area contributed by atoms with Gasteiger partial charge >= 0.3 is 0 Å². The van der Waals surface area contributed by atoms with Gasteiger partial charge in [0, 0.05) is 28.4 Å². The second kappa shape index (κ2) is 18.8. The van der Waals surface area contributed by atoms with Crippen molar-refractivity contribution >= 4 is 0 Å². The van der Waals surface area contributed by atoms with Crippen molar-refractivity contribution in [2.45, 2.75) is 81.2 Å². The van der Waals surface area contributed by atoms with Crippen molar-refractivity contribution in [2.24, 2.45) is 0 Å². The van der Waals surface area contributed by atoms with Gasteiger partial charge in [0.1, 0.15) is 48.8 Å². The Morgan fingerprint density at radius 1 is 0.479 bits per heavy atom. The zero-order valence-electron chi connectivity index (χ0n) is 28.0. The van der Waals surface area contributed by atoms with E-state index in [1.165, 1.54) is 0 Å². The predicted octanol–water partition coefficient (Wildman–Crippen LogP) is 3.89. The Labute approximate surface area is 282 Å². The van der Waals surface area contributed by atoms with Crippen molar-refractivity contribution in [1.29, 1.82) is 0 Å². The van der Waals surface area contributed by atoms with E-state index in [0.29, 0.717) is 0 Å². The standard InChI is InChI=1S/C37H48O11/c1-39-23-28-30(40-2)32(41-3)35(42-4)37(48-28)46-24-29-31(43-20-25-14-8-5-9-15-25)33(44-21-26-16-10-6-11-17-26)34(36(38)47-29)45-22-27-18-12-7-13-19-27/h5-19,28-38H,20-24H2,1-4H3/t28-,29-,30-,31-,32+,33+,34-,35-,36+,37?/m1/s1. The van der Waals surface area contributed by atoms with E-state index in [-0.39, 0.29) is 33.0 Å². The molecule has 262 valence electrons. The summed E-state index contributed by atoms with van der Waals surface area (Å²) >= 11 is 0. The van der Waals surface area contributed by atoms with Gasteiger partial charge in [-0.15, -0.1) is 0 Å². The van der Waals surface area contributed by atoms with E-state index in [9.17, 15) is 5.11 Å². The van der Waals surface area contributed by atoms with Gasteiger partial charge in [-0.2, -0.15) is 0 Å². The molecular formula is C37H48O11. The molecule has 0 amide bonds. The van der Waals surface area contributed by atoms with Crippen LogP contribution in [0.3, 0.4) is 0 Å². The van der Waals surface area contributed by atoms with Gasteiger partial charge in [-0.3, -0.25) is 0 Å². The number of rotatable bonds is 17. The minimum absolute atomic E-state index is 0.0224. The molecule has 0 saturated carbocycles. The average Bonchev–Trinajstić information content (AvgIpc) is 3.13. The van der Waals surface area contributed by atoms with Gasteiger partial charge in [0.05, 0.1) is 33.0 Å². The van der Waals surface area contributed by atoms with E-state index in [0.717, 1.165) is 16.7 Å². The smallest absolute Gasteiger partial charge is 0.187 e. The van der Waals surface area contributed by atoms with Gasteiger partial charge in [-0.1, -0.05) is 91.0 Å². The fraction of sp³-hybridized carbons (Fsp3) is 0.514. The monoisotopic (exact) mass is 668 g/mol. The summed E-state index contributed by atoms with van der Waals surface area (Å²) in [5.41, 5.74) is 2.89. The van der Waals surface area contributed by atoms with Crippen LogP contribution in [0, 0.1) is 0 Å². The molecule has 0 spiro atoms. The molecule has 48 heavy (non-hydrogen) atoms. The van der Waals surface area contributed by atoms with Crippen LogP contribution >= 0.6 is 0 Å². The first-order valence-electron chi connectivity index (χ1n) is 16.2. The first kappa shape index (κ1) is 36.5. The summed E-state index contributed by atoms with van der Waals surface area (Å²) in [6.07, 6.45) is -7.34. The Kier molecular flexibility index (Phi) is 14.3. The number of hydrogen-bond acceptors (Lipinski definition) is 11. The lowest BCUT2D eigenvalue weighted by atomic mass is 9.97. The molecular weight excluding hydrogens is 620 g/mol. The molecule has 3 aromatic rings. The van der Waals surface area contributed by atoms with Crippen molar-refractivity contribution in [1.82, 2.24) is 0 Å². The second-order valence-electron chi connectivity index (χ2n) is 11.8. The first-order chi connectivity index (χ1) is 23.6. The topological polar surface area (TPSA) is 113 Å². The van der Waals surface area contributed by atoms with Crippen LogP contribution < -0.4 is 0 Å². The fourth-order valence-electron chi connectivity index (χ4n) is 6.20. The van der Waals surface area contributed by atoms with Crippen LogP contribution in [-0.2, 0) is 67.2 Å². The number of aliphatic hydroxyl groups excluding tert-OH is 1. The molecule has 0 bridgehead atoms. The molecule has 11 heteroatoms. The highest BCUT2D eigenvalue weighted by atomic mass is 16.7. The molecule has 2 aliphatic rings. The Hall–Kier alpha value is -2.78. The predicted molar refractivity (Wildman–Crippen MR) is 175 cm³/mol. The Morgan fingerprint density at radius 3 is 1.42 bits per heavy atom. The van der Waals surface area contributed by atoms with E-state index in [1.807, 2.05) is 91.0 Å². The van der Waals surface area contributed by atoms with Crippen LogP contribution in [0.1, 0.15) is 16.7 Å². The molecule has 1 unspecified atom stereocenters. The summed E-state index contributed by atoms with van der Waals surface area (Å²) < 4.78 is 61.1. The maximum Gasteiger partial charge on any atom is 0.187 e. The zero-order chi connectivity index (χ0) is 33.7. The Bertz CT molecular complexity index is 1300. The van der Waals surface area contributed by atoms with Crippen LogP contribution in [0.4, 0.5) is 0 Å². The summed E-state index contributed by atoms with van der Waals surface area (Å²) in [5.74, 6) is 0. The molecule has 0 aliphatic carbocycles. The van der Waals surface area contributed by atoms with E-state index >= 15 is 0 Å². The second-order valence-corrected chi connectivity index (χ2v) is 11.8. The van der Waals surface area contributed by atoms with Gasteiger partial charge in [-0.25, -0.2) is 0 Å². The maximum absolute atomic E-state index is 11.4. The lowest BCUT2D eigenvalue weighted by Gasteiger charge is -2.46.